The SMILES string of the molecule is CC(CC(O)C1OC1(C)C1CCCC1c1cccc(O)c1)C1=C2CCC3C4(C)CC(c5cccc(O)c5)C(=O)C(C)(C)C4CCC34CCCC(C1=O)C24C. The Morgan fingerprint density at radius 2 is 1.54 bits per heavy atom. The van der Waals surface area contributed by atoms with Crippen molar-refractivity contribution < 1.29 is 29.6 Å². The molecule has 6 fully saturated rings. The van der Waals surface area contributed by atoms with E-state index in [-0.39, 0.29) is 57.7 Å². The Morgan fingerprint density at radius 1 is 0.833 bits per heavy atom. The van der Waals surface area contributed by atoms with Gasteiger partial charge in [-0.25, -0.2) is 0 Å². The van der Waals surface area contributed by atoms with Gasteiger partial charge in [0.05, 0.1) is 11.7 Å². The minimum Gasteiger partial charge on any atom is -0.508 e. The lowest BCUT2D eigenvalue weighted by atomic mass is 9.32. The highest BCUT2D eigenvalue weighted by molar-refractivity contribution is 6.02. The van der Waals surface area contributed by atoms with Crippen molar-refractivity contribution in [2.24, 2.45) is 51.2 Å². The van der Waals surface area contributed by atoms with Crippen molar-refractivity contribution in [1.82, 2.24) is 0 Å². The normalized spacial score (nSPS) is 43.3. The average Bonchev–Trinajstić information content (AvgIpc) is 3.46. The summed E-state index contributed by atoms with van der Waals surface area (Å²) in [4.78, 5) is 29.2. The second kappa shape index (κ2) is 12.3. The number of carbonyl (C=O) groups is 2. The summed E-state index contributed by atoms with van der Waals surface area (Å²) in [5.41, 5.74) is 3.34. The van der Waals surface area contributed by atoms with E-state index in [4.69, 9.17) is 4.74 Å². The lowest BCUT2D eigenvalue weighted by molar-refractivity contribution is -0.206. The van der Waals surface area contributed by atoms with Crippen LogP contribution in [0.4, 0.5) is 0 Å². The van der Waals surface area contributed by atoms with Gasteiger partial charge >= 0.3 is 0 Å². The Hall–Kier alpha value is -2.96. The number of carbonyl (C=O) groups excluding carboxylic acids is 2. The molecular weight excluding hydrogens is 673 g/mol. The Morgan fingerprint density at radius 3 is 2.26 bits per heavy atom. The Labute approximate surface area is 322 Å². The van der Waals surface area contributed by atoms with E-state index < -0.39 is 17.1 Å². The van der Waals surface area contributed by atoms with Crippen LogP contribution in [-0.4, -0.2) is 44.7 Å². The van der Waals surface area contributed by atoms with Gasteiger partial charge < -0.3 is 20.1 Å². The molecule has 1 aliphatic heterocycles. The molecule has 9 rings (SSSR count). The number of epoxide rings is 1. The number of allylic oxidation sites excluding steroid dienone is 2. The molecule has 54 heavy (non-hydrogen) atoms. The zero-order valence-electron chi connectivity index (χ0n) is 33.4. The van der Waals surface area contributed by atoms with Crippen LogP contribution in [0.1, 0.15) is 142 Å². The first-order chi connectivity index (χ1) is 25.6. The number of Topliss-reactive ketones (excluding diaryl/α,β-unsaturated/α-hetero) is 2. The summed E-state index contributed by atoms with van der Waals surface area (Å²) in [6.45, 7) is 13.7. The molecule has 2 aromatic carbocycles. The number of aromatic hydroxyl groups is 2. The van der Waals surface area contributed by atoms with Crippen molar-refractivity contribution in [2.45, 2.75) is 148 Å². The van der Waals surface area contributed by atoms with Crippen LogP contribution >= 0.6 is 0 Å². The van der Waals surface area contributed by atoms with Crippen LogP contribution < -0.4 is 0 Å². The molecule has 5 saturated carbocycles. The van der Waals surface area contributed by atoms with Gasteiger partial charge in [-0.3, -0.25) is 9.59 Å². The Bertz CT molecular complexity index is 1910. The smallest absolute Gasteiger partial charge is 0.163 e. The molecule has 1 saturated heterocycles. The van der Waals surface area contributed by atoms with Gasteiger partial charge in [-0.2, -0.15) is 0 Å². The van der Waals surface area contributed by atoms with E-state index in [1.54, 1.807) is 18.2 Å². The molecule has 0 radical (unpaired) electrons. The Balaban J connectivity index is 1.000. The van der Waals surface area contributed by atoms with E-state index in [1.165, 1.54) is 5.57 Å². The van der Waals surface area contributed by atoms with Gasteiger partial charge in [0, 0.05) is 22.7 Å². The molecule has 6 heteroatoms. The molecular formula is C48H62O6. The molecule has 290 valence electrons. The third-order valence-electron chi connectivity index (χ3n) is 17.8. The van der Waals surface area contributed by atoms with Crippen molar-refractivity contribution in [3.8, 4) is 11.5 Å². The summed E-state index contributed by atoms with van der Waals surface area (Å²) in [6.07, 6.45) is 10.8. The number of hydrogen-bond acceptors (Lipinski definition) is 6. The summed E-state index contributed by atoms with van der Waals surface area (Å²) in [5.74, 6) is 2.12. The van der Waals surface area contributed by atoms with E-state index in [0.717, 1.165) is 87.3 Å². The molecule has 6 nitrogen and oxygen atoms in total. The first-order valence-electron chi connectivity index (χ1n) is 21.3. The fourth-order valence-electron chi connectivity index (χ4n) is 15.6. The van der Waals surface area contributed by atoms with E-state index in [1.807, 2.05) is 24.3 Å². The van der Waals surface area contributed by atoms with Gasteiger partial charge in [0.1, 0.15) is 23.4 Å². The minimum atomic E-state index is -0.650. The van der Waals surface area contributed by atoms with Crippen LogP contribution in [0, 0.1) is 51.2 Å². The molecule has 2 aromatic rings. The summed E-state index contributed by atoms with van der Waals surface area (Å²) >= 11 is 0. The number of ketones is 2. The Kier molecular flexibility index (Phi) is 8.33. The summed E-state index contributed by atoms with van der Waals surface area (Å²) in [5, 5.41) is 32.5. The van der Waals surface area contributed by atoms with Gasteiger partial charge in [0.25, 0.3) is 0 Å². The maximum absolute atomic E-state index is 14.8. The maximum Gasteiger partial charge on any atom is 0.163 e. The molecule has 6 aliphatic carbocycles. The summed E-state index contributed by atoms with van der Waals surface area (Å²) < 4.78 is 6.47. The van der Waals surface area contributed by atoms with Crippen molar-refractivity contribution in [3.05, 3.63) is 70.8 Å². The maximum atomic E-state index is 14.8. The quantitative estimate of drug-likeness (QED) is 0.245. The van der Waals surface area contributed by atoms with Crippen LogP contribution in [0.15, 0.2) is 59.7 Å². The van der Waals surface area contributed by atoms with E-state index in [2.05, 4.69) is 47.6 Å². The van der Waals surface area contributed by atoms with Crippen LogP contribution in [0.25, 0.3) is 0 Å². The number of phenolic OH excluding ortho intramolecular Hbond substituents is 2. The van der Waals surface area contributed by atoms with Crippen LogP contribution in [0.2, 0.25) is 0 Å². The lowest BCUT2D eigenvalue weighted by Crippen LogP contribution is -2.66. The molecule has 1 spiro atoms. The van der Waals surface area contributed by atoms with E-state index in [0.29, 0.717) is 35.6 Å². The topological polar surface area (TPSA) is 107 Å². The number of aliphatic hydroxyl groups excluding tert-OH is 1. The number of aliphatic hydroxyl groups is 1. The van der Waals surface area contributed by atoms with Crippen LogP contribution in [0.3, 0.4) is 0 Å². The molecule has 3 N–H and O–H groups in total. The standard InChI is InChI=1S/C48H62O6/c1-27(23-37(51)43-47(6,54-43)34-16-9-15-32(34)28-11-7-13-30(49)24-28)40-35-18-19-39-45(4)26-33(29-12-8-14-31(50)25-29)42(53)44(2,3)38(45)20-22-48(39)21-10-17-36(41(40)52)46(35,48)5/h7-8,11-14,24-25,27,32-34,36-39,43,49-51H,9-10,15-23,26H2,1-6H3. The van der Waals surface area contributed by atoms with Crippen molar-refractivity contribution in [2.75, 3.05) is 0 Å². The highest BCUT2D eigenvalue weighted by Gasteiger charge is 2.73. The number of phenols is 2. The number of hydrogen-bond donors (Lipinski definition) is 3. The van der Waals surface area contributed by atoms with E-state index >= 15 is 0 Å². The first-order valence-corrected chi connectivity index (χ1v) is 21.3. The second-order valence-electron chi connectivity index (χ2n) is 20.4. The third-order valence-corrected chi connectivity index (χ3v) is 17.8. The molecule has 0 aromatic heterocycles. The predicted octanol–water partition coefficient (Wildman–Crippen LogP) is 9.81. The fraction of sp³-hybridized carbons (Fsp3) is 0.667. The summed E-state index contributed by atoms with van der Waals surface area (Å²) in [7, 11) is 0. The van der Waals surface area contributed by atoms with Gasteiger partial charge in [-0.15, -0.1) is 0 Å². The number of benzene rings is 2. The number of rotatable bonds is 7. The average molecular weight is 735 g/mol. The predicted molar refractivity (Wildman–Crippen MR) is 209 cm³/mol. The molecule has 13 unspecified atom stereocenters. The number of ether oxygens (including phenoxy) is 1. The first kappa shape index (κ1) is 36.7. The molecule has 0 bridgehead atoms. The van der Waals surface area contributed by atoms with Gasteiger partial charge in [-0.05, 0) is 153 Å². The van der Waals surface area contributed by atoms with Gasteiger partial charge in [0.15, 0.2) is 5.78 Å². The lowest BCUT2D eigenvalue weighted by Gasteiger charge is -2.71. The zero-order valence-corrected chi connectivity index (χ0v) is 33.4. The summed E-state index contributed by atoms with van der Waals surface area (Å²) in [6, 6.07) is 15.0. The fourth-order valence-corrected chi connectivity index (χ4v) is 15.6. The highest BCUT2D eigenvalue weighted by Crippen LogP contribution is 2.78. The second-order valence-corrected chi connectivity index (χ2v) is 20.4. The monoisotopic (exact) mass is 734 g/mol. The molecule has 1 heterocycles. The molecule has 7 aliphatic rings. The van der Waals surface area contributed by atoms with Gasteiger partial charge in [0.2, 0.25) is 0 Å². The largest absolute Gasteiger partial charge is 0.508 e. The highest BCUT2D eigenvalue weighted by atomic mass is 16.6. The van der Waals surface area contributed by atoms with Crippen molar-refractivity contribution in [1.29, 1.82) is 0 Å². The van der Waals surface area contributed by atoms with Crippen molar-refractivity contribution in [3.63, 3.8) is 0 Å². The third kappa shape index (κ3) is 4.90. The zero-order chi connectivity index (χ0) is 38.2. The van der Waals surface area contributed by atoms with Crippen LogP contribution in [-0.2, 0) is 14.3 Å². The molecule has 0 amide bonds. The molecule has 13 atom stereocenters. The van der Waals surface area contributed by atoms with Crippen LogP contribution in [0.5, 0.6) is 11.5 Å². The van der Waals surface area contributed by atoms with E-state index in [9.17, 15) is 24.9 Å². The minimum absolute atomic E-state index is 0.00583. The number of fused-ring (bicyclic) bond motifs is 2. The van der Waals surface area contributed by atoms with Gasteiger partial charge in [-0.1, -0.05) is 77.3 Å². The van der Waals surface area contributed by atoms with Crippen molar-refractivity contribution >= 4 is 11.6 Å².